The molecule has 0 fully saturated rings. The predicted molar refractivity (Wildman–Crippen MR) is 120 cm³/mol. The summed E-state index contributed by atoms with van der Waals surface area (Å²) in [6, 6.07) is 16.3. The summed E-state index contributed by atoms with van der Waals surface area (Å²) in [5.74, 6) is -0.329. The Labute approximate surface area is 182 Å². The number of hydrogen-bond acceptors (Lipinski definition) is 4. The minimum absolute atomic E-state index is 0.173. The fourth-order valence-corrected chi connectivity index (χ4v) is 4.77. The van der Waals surface area contributed by atoms with Crippen LogP contribution >= 0.6 is 11.6 Å². The molecule has 0 bridgehead atoms. The van der Waals surface area contributed by atoms with Crippen molar-refractivity contribution in [2.75, 3.05) is 10.8 Å². The molecule has 0 saturated carbocycles. The maximum absolute atomic E-state index is 13.4. The summed E-state index contributed by atoms with van der Waals surface area (Å²) in [7, 11) is -3.86. The number of nitrogens with zero attached hydrogens (tertiary/aromatic N) is 2. The number of aromatic nitrogens is 1. The minimum atomic E-state index is -3.86. The molecule has 0 saturated heterocycles. The zero-order valence-electron chi connectivity index (χ0n) is 16.9. The van der Waals surface area contributed by atoms with Gasteiger partial charge in [-0.1, -0.05) is 43.1 Å². The zero-order chi connectivity index (χ0) is 21.7. The van der Waals surface area contributed by atoms with Gasteiger partial charge in [-0.2, -0.15) is 0 Å². The molecular weight excluding hydrogens is 420 g/mol. The van der Waals surface area contributed by atoms with Crippen LogP contribution in [0.5, 0.6) is 0 Å². The van der Waals surface area contributed by atoms with E-state index in [0.717, 1.165) is 12.1 Å². The first-order chi connectivity index (χ1) is 14.3. The third-order valence-electron chi connectivity index (χ3n) is 4.69. The molecular formula is C23H23ClN2O3S. The second kappa shape index (κ2) is 9.41. The van der Waals surface area contributed by atoms with Crippen LogP contribution in [0.2, 0.25) is 5.02 Å². The van der Waals surface area contributed by atoms with Crippen LogP contribution in [0.4, 0.5) is 5.69 Å². The second-order valence-electron chi connectivity index (χ2n) is 6.92. The van der Waals surface area contributed by atoms with Crippen LogP contribution in [0, 0.1) is 6.92 Å². The molecule has 0 amide bonds. The van der Waals surface area contributed by atoms with Crippen LogP contribution < -0.4 is 4.31 Å². The molecule has 30 heavy (non-hydrogen) atoms. The monoisotopic (exact) mass is 442 g/mol. The molecule has 1 heterocycles. The van der Waals surface area contributed by atoms with Crippen molar-refractivity contribution in [3.63, 3.8) is 0 Å². The molecule has 156 valence electrons. The van der Waals surface area contributed by atoms with Gasteiger partial charge in [0.15, 0.2) is 5.78 Å². The Hall–Kier alpha value is -2.70. The number of sulfonamides is 1. The molecule has 5 nitrogen and oxygen atoms in total. The molecule has 7 heteroatoms. The van der Waals surface area contributed by atoms with Gasteiger partial charge < -0.3 is 0 Å². The fourth-order valence-electron chi connectivity index (χ4n) is 3.06. The average molecular weight is 443 g/mol. The Bertz CT molecular complexity index is 1130. The first-order valence-corrected chi connectivity index (χ1v) is 11.5. The van der Waals surface area contributed by atoms with E-state index >= 15 is 0 Å². The van der Waals surface area contributed by atoms with Crippen molar-refractivity contribution in [3.05, 3.63) is 88.7 Å². The van der Waals surface area contributed by atoms with Gasteiger partial charge in [0.2, 0.25) is 0 Å². The number of aryl methyl sites for hydroxylation is 1. The molecule has 1 aromatic heterocycles. The van der Waals surface area contributed by atoms with Crippen molar-refractivity contribution in [1.29, 1.82) is 0 Å². The summed E-state index contributed by atoms with van der Waals surface area (Å²) < 4.78 is 28.2. The fraction of sp³-hybridized carbons (Fsp3) is 0.217. The molecule has 0 aliphatic carbocycles. The van der Waals surface area contributed by atoms with Gasteiger partial charge in [0.1, 0.15) is 0 Å². The Morgan fingerprint density at radius 2 is 1.80 bits per heavy atom. The van der Waals surface area contributed by atoms with E-state index in [4.69, 9.17) is 11.6 Å². The van der Waals surface area contributed by atoms with Gasteiger partial charge in [0.25, 0.3) is 10.0 Å². The lowest BCUT2D eigenvalue weighted by atomic mass is 10.0. The van der Waals surface area contributed by atoms with Crippen LogP contribution in [-0.4, -0.2) is 25.7 Å². The standard InChI is InChI=1S/C23H23ClN2O3S/c1-3-4-14-26(30(28,29)20-8-6-5-7-9-20)22-13-12-19(24)15-21(22)23(27)18-11-10-17(2)25-16-18/h5-13,15-16H,3-4,14H2,1-2H3. The normalized spacial score (nSPS) is 11.3. The number of benzene rings is 2. The molecule has 2 aromatic carbocycles. The molecule has 0 unspecified atom stereocenters. The Morgan fingerprint density at radius 1 is 1.07 bits per heavy atom. The van der Waals surface area contributed by atoms with E-state index in [-0.39, 0.29) is 22.8 Å². The summed E-state index contributed by atoms with van der Waals surface area (Å²) >= 11 is 6.18. The zero-order valence-corrected chi connectivity index (χ0v) is 18.4. The number of anilines is 1. The largest absolute Gasteiger partial charge is 0.288 e. The summed E-state index contributed by atoms with van der Waals surface area (Å²) in [5.41, 5.74) is 1.69. The van der Waals surface area contributed by atoms with E-state index in [0.29, 0.717) is 22.7 Å². The lowest BCUT2D eigenvalue weighted by molar-refractivity contribution is 0.103. The van der Waals surface area contributed by atoms with Crippen molar-refractivity contribution >= 4 is 33.1 Å². The topological polar surface area (TPSA) is 67.3 Å². The predicted octanol–water partition coefficient (Wildman–Crippen LogP) is 5.27. The van der Waals surface area contributed by atoms with Gasteiger partial charge in [-0.25, -0.2) is 8.42 Å². The molecule has 0 radical (unpaired) electrons. The number of rotatable bonds is 8. The number of ketones is 1. The number of carbonyl (C=O) groups excluding carboxylic acids is 1. The summed E-state index contributed by atoms with van der Waals surface area (Å²) in [6.07, 6.45) is 2.94. The van der Waals surface area contributed by atoms with Crippen LogP contribution in [-0.2, 0) is 10.0 Å². The van der Waals surface area contributed by atoms with E-state index < -0.39 is 10.0 Å². The summed E-state index contributed by atoms with van der Waals surface area (Å²) in [6.45, 7) is 4.07. The van der Waals surface area contributed by atoms with Crippen LogP contribution in [0.1, 0.15) is 41.4 Å². The molecule has 0 aliphatic rings. The highest BCUT2D eigenvalue weighted by Gasteiger charge is 2.28. The van der Waals surface area contributed by atoms with Crippen LogP contribution in [0.3, 0.4) is 0 Å². The number of unbranched alkanes of at least 4 members (excludes halogenated alkanes) is 1. The van der Waals surface area contributed by atoms with Crippen molar-refractivity contribution in [2.45, 2.75) is 31.6 Å². The lowest BCUT2D eigenvalue weighted by Gasteiger charge is -2.26. The van der Waals surface area contributed by atoms with E-state index in [1.807, 2.05) is 13.8 Å². The number of hydrogen-bond donors (Lipinski definition) is 0. The van der Waals surface area contributed by atoms with Crippen molar-refractivity contribution in [2.24, 2.45) is 0 Å². The van der Waals surface area contributed by atoms with Crippen molar-refractivity contribution in [3.8, 4) is 0 Å². The smallest absolute Gasteiger partial charge is 0.264 e. The Kier molecular flexibility index (Phi) is 6.90. The lowest BCUT2D eigenvalue weighted by Crippen LogP contribution is -2.33. The SMILES string of the molecule is CCCCN(c1ccc(Cl)cc1C(=O)c1ccc(C)nc1)S(=O)(=O)c1ccccc1. The highest BCUT2D eigenvalue weighted by Crippen LogP contribution is 2.31. The highest BCUT2D eigenvalue weighted by atomic mass is 35.5. The highest BCUT2D eigenvalue weighted by molar-refractivity contribution is 7.92. The summed E-state index contributed by atoms with van der Waals surface area (Å²) in [4.78, 5) is 17.6. The molecule has 3 rings (SSSR count). The first-order valence-electron chi connectivity index (χ1n) is 9.69. The molecule has 0 N–H and O–H groups in total. The Morgan fingerprint density at radius 3 is 2.43 bits per heavy atom. The minimum Gasteiger partial charge on any atom is -0.288 e. The number of carbonyl (C=O) groups is 1. The van der Waals surface area contributed by atoms with E-state index in [2.05, 4.69) is 4.98 Å². The third-order valence-corrected chi connectivity index (χ3v) is 6.75. The van der Waals surface area contributed by atoms with Crippen LogP contribution in [0.25, 0.3) is 0 Å². The average Bonchev–Trinajstić information content (AvgIpc) is 2.75. The van der Waals surface area contributed by atoms with Gasteiger partial charge in [0.05, 0.1) is 10.6 Å². The molecule has 0 aliphatic heterocycles. The van der Waals surface area contributed by atoms with Gasteiger partial charge in [-0.15, -0.1) is 0 Å². The van der Waals surface area contributed by atoms with E-state index in [1.54, 1.807) is 54.6 Å². The van der Waals surface area contributed by atoms with Gasteiger partial charge in [-0.05, 0) is 55.8 Å². The number of pyridine rings is 1. The third kappa shape index (κ3) is 4.71. The Balaban J connectivity index is 2.15. The quantitative estimate of drug-likeness (QED) is 0.445. The van der Waals surface area contributed by atoms with E-state index in [9.17, 15) is 13.2 Å². The molecule has 3 aromatic rings. The number of halogens is 1. The van der Waals surface area contributed by atoms with Crippen LogP contribution in [0.15, 0.2) is 71.8 Å². The summed E-state index contributed by atoms with van der Waals surface area (Å²) in [5, 5.41) is 0.356. The first kappa shape index (κ1) is 22.0. The maximum atomic E-state index is 13.4. The van der Waals surface area contributed by atoms with Crippen molar-refractivity contribution in [1.82, 2.24) is 4.98 Å². The maximum Gasteiger partial charge on any atom is 0.264 e. The second-order valence-corrected chi connectivity index (χ2v) is 9.22. The molecule has 0 spiro atoms. The van der Waals surface area contributed by atoms with Crippen molar-refractivity contribution < 1.29 is 13.2 Å². The van der Waals surface area contributed by atoms with Gasteiger partial charge >= 0.3 is 0 Å². The van der Waals surface area contributed by atoms with E-state index in [1.165, 1.54) is 16.6 Å². The molecule has 0 atom stereocenters. The van der Waals surface area contributed by atoms with Gasteiger partial charge in [0, 0.05) is 34.6 Å². The van der Waals surface area contributed by atoms with Gasteiger partial charge in [-0.3, -0.25) is 14.1 Å².